The Morgan fingerprint density at radius 1 is 1.09 bits per heavy atom. The van der Waals surface area contributed by atoms with Crippen LogP contribution in [0.2, 0.25) is 15.1 Å². The van der Waals surface area contributed by atoms with E-state index in [9.17, 15) is 9.59 Å². The highest BCUT2D eigenvalue weighted by molar-refractivity contribution is 6.35. The van der Waals surface area contributed by atoms with Gasteiger partial charge in [-0.05, 0) is 57.0 Å². The van der Waals surface area contributed by atoms with Crippen LogP contribution in [0, 0.1) is 6.92 Å². The number of rotatable bonds is 5. The molecule has 0 unspecified atom stereocenters. The molecule has 3 aromatic rings. The minimum absolute atomic E-state index is 0.116. The van der Waals surface area contributed by atoms with Gasteiger partial charge < -0.3 is 15.5 Å². The molecule has 2 aromatic carbocycles. The van der Waals surface area contributed by atoms with Crippen molar-refractivity contribution in [3.05, 3.63) is 68.8 Å². The highest BCUT2D eigenvalue weighted by Gasteiger charge is 2.28. The Hall–Kier alpha value is -2.74. The molecule has 0 aliphatic carbocycles. The number of amides is 3. The van der Waals surface area contributed by atoms with Crippen LogP contribution in [-0.2, 0) is 0 Å². The maximum absolute atomic E-state index is 13.4. The average molecular weight is 535 g/mol. The first-order valence-corrected chi connectivity index (χ1v) is 12.6. The molecule has 1 atom stereocenters. The van der Waals surface area contributed by atoms with Gasteiger partial charge in [-0.2, -0.15) is 5.10 Å². The summed E-state index contributed by atoms with van der Waals surface area (Å²) in [6, 6.07) is 12.2. The third kappa shape index (κ3) is 5.58. The van der Waals surface area contributed by atoms with Crippen LogP contribution in [0.25, 0.3) is 16.9 Å². The molecule has 0 radical (unpaired) electrons. The lowest BCUT2D eigenvalue weighted by Crippen LogP contribution is -2.52. The van der Waals surface area contributed by atoms with Gasteiger partial charge >= 0.3 is 6.03 Å². The van der Waals surface area contributed by atoms with Crippen LogP contribution in [0.4, 0.5) is 4.79 Å². The maximum atomic E-state index is 13.4. The largest absolute Gasteiger partial charge is 0.346 e. The number of likely N-dealkylation sites (tertiary alicyclic amines) is 1. The molecular weight excluding hydrogens is 509 g/mol. The van der Waals surface area contributed by atoms with Crippen molar-refractivity contribution in [3.63, 3.8) is 0 Å². The van der Waals surface area contributed by atoms with Crippen LogP contribution in [0.5, 0.6) is 0 Å². The lowest BCUT2D eigenvalue weighted by atomic mass is 10.0. The van der Waals surface area contributed by atoms with Gasteiger partial charge in [-0.1, -0.05) is 46.9 Å². The molecule has 7 nitrogen and oxygen atoms in total. The lowest BCUT2D eigenvalue weighted by Gasteiger charge is -2.33. The Bertz CT molecular complexity index is 1240. The van der Waals surface area contributed by atoms with Crippen molar-refractivity contribution in [2.24, 2.45) is 0 Å². The SMILES string of the molecule is CCNC(=O)N1CCC[C@H](NC(=O)c2nn(-c3ccc(Cl)cc3Cl)c(-c3ccc(Cl)cc3)c2C)C1. The van der Waals surface area contributed by atoms with Crippen LogP contribution < -0.4 is 10.6 Å². The molecule has 0 saturated carbocycles. The van der Waals surface area contributed by atoms with Crippen LogP contribution in [0.3, 0.4) is 0 Å². The van der Waals surface area contributed by atoms with E-state index in [1.54, 1.807) is 39.9 Å². The summed E-state index contributed by atoms with van der Waals surface area (Å²) in [5.74, 6) is -0.302. The standard InChI is InChI=1S/C25H26Cl3N5O2/c1-3-29-25(35)32-12-4-5-19(14-32)30-24(34)22-15(2)23(16-6-8-17(26)9-7-16)33(31-22)21-11-10-18(27)13-20(21)28/h6-11,13,19H,3-5,12,14H2,1-2H3,(H,29,35)(H,30,34)/t19-/m0/s1. The van der Waals surface area contributed by atoms with Gasteiger partial charge in [0.25, 0.3) is 5.91 Å². The first-order valence-electron chi connectivity index (χ1n) is 11.4. The fourth-order valence-corrected chi connectivity index (χ4v) is 4.90. The third-order valence-electron chi connectivity index (χ3n) is 5.96. The molecule has 10 heteroatoms. The van der Waals surface area contributed by atoms with E-state index in [0.29, 0.717) is 46.0 Å². The van der Waals surface area contributed by atoms with Crippen molar-refractivity contribution in [2.45, 2.75) is 32.7 Å². The quantitative estimate of drug-likeness (QED) is 0.439. The van der Waals surface area contributed by atoms with Gasteiger partial charge in [0.2, 0.25) is 0 Å². The van der Waals surface area contributed by atoms with Gasteiger partial charge in [0.1, 0.15) is 0 Å². The van der Waals surface area contributed by atoms with Crippen molar-refractivity contribution < 1.29 is 9.59 Å². The van der Waals surface area contributed by atoms with E-state index in [-0.39, 0.29) is 23.7 Å². The Morgan fingerprint density at radius 2 is 1.80 bits per heavy atom. The number of urea groups is 1. The number of nitrogens with one attached hydrogen (secondary N) is 2. The van der Waals surface area contributed by atoms with Gasteiger partial charge in [-0.15, -0.1) is 0 Å². The average Bonchev–Trinajstić information content (AvgIpc) is 3.17. The predicted octanol–water partition coefficient (Wildman–Crippen LogP) is 5.73. The zero-order valence-corrected chi connectivity index (χ0v) is 21.7. The van der Waals surface area contributed by atoms with Crippen molar-refractivity contribution >= 4 is 46.7 Å². The van der Waals surface area contributed by atoms with Crippen molar-refractivity contribution in [1.82, 2.24) is 25.3 Å². The maximum Gasteiger partial charge on any atom is 0.317 e. The summed E-state index contributed by atoms with van der Waals surface area (Å²) >= 11 is 18.7. The fourth-order valence-electron chi connectivity index (χ4n) is 4.28. The molecule has 2 N–H and O–H groups in total. The summed E-state index contributed by atoms with van der Waals surface area (Å²) in [7, 11) is 0. The lowest BCUT2D eigenvalue weighted by molar-refractivity contribution is 0.0904. The summed E-state index contributed by atoms with van der Waals surface area (Å²) in [4.78, 5) is 27.4. The van der Waals surface area contributed by atoms with Crippen molar-refractivity contribution in [3.8, 4) is 16.9 Å². The fraction of sp³-hybridized carbons (Fsp3) is 0.320. The number of carbonyl (C=O) groups excluding carboxylic acids is 2. The predicted molar refractivity (Wildman–Crippen MR) is 140 cm³/mol. The molecule has 184 valence electrons. The number of nitrogens with zero attached hydrogens (tertiary/aromatic N) is 3. The third-order valence-corrected chi connectivity index (χ3v) is 6.75. The summed E-state index contributed by atoms with van der Waals surface area (Å²) in [5, 5.41) is 12.1. The molecule has 1 fully saturated rings. The van der Waals surface area contributed by atoms with E-state index in [1.807, 2.05) is 26.0 Å². The molecule has 2 heterocycles. The van der Waals surface area contributed by atoms with Gasteiger partial charge in [0.05, 0.1) is 16.4 Å². The van der Waals surface area contributed by atoms with Crippen LogP contribution >= 0.6 is 34.8 Å². The van der Waals surface area contributed by atoms with Crippen molar-refractivity contribution in [2.75, 3.05) is 19.6 Å². The van der Waals surface area contributed by atoms with Crippen LogP contribution in [-0.4, -0.2) is 52.3 Å². The van der Waals surface area contributed by atoms with Gasteiger partial charge in [0.15, 0.2) is 5.69 Å². The van der Waals surface area contributed by atoms with Crippen LogP contribution in [0.15, 0.2) is 42.5 Å². The zero-order chi connectivity index (χ0) is 25.1. The minimum atomic E-state index is -0.302. The highest BCUT2D eigenvalue weighted by atomic mass is 35.5. The molecule has 4 rings (SSSR count). The molecule has 1 saturated heterocycles. The second-order valence-corrected chi connectivity index (χ2v) is 9.71. The summed E-state index contributed by atoms with van der Waals surface area (Å²) in [5.41, 5.74) is 3.15. The number of aromatic nitrogens is 2. The topological polar surface area (TPSA) is 79.3 Å². The minimum Gasteiger partial charge on any atom is -0.346 e. The molecule has 3 amide bonds. The molecule has 1 aromatic heterocycles. The Morgan fingerprint density at radius 3 is 2.49 bits per heavy atom. The normalized spacial score (nSPS) is 15.7. The second-order valence-electron chi connectivity index (χ2n) is 8.43. The highest BCUT2D eigenvalue weighted by Crippen LogP contribution is 2.33. The monoisotopic (exact) mass is 533 g/mol. The number of hydrogen-bond donors (Lipinski definition) is 2. The summed E-state index contributed by atoms with van der Waals surface area (Å²) in [6.45, 7) is 5.41. The first-order chi connectivity index (χ1) is 16.8. The van der Waals surface area contributed by atoms with Gasteiger partial charge in [-0.3, -0.25) is 4.79 Å². The molecule has 1 aliphatic rings. The van der Waals surface area contributed by atoms with E-state index in [0.717, 1.165) is 24.1 Å². The van der Waals surface area contributed by atoms with E-state index < -0.39 is 0 Å². The summed E-state index contributed by atoms with van der Waals surface area (Å²) < 4.78 is 1.66. The number of halogens is 3. The summed E-state index contributed by atoms with van der Waals surface area (Å²) in [6.07, 6.45) is 1.60. The van der Waals surface area contributed by atoms with E-state index >= 15 is 0 Å². The van der Waals surface area contributed by atoms with E-state index in [4.69, 9.17) is 34.8 Å². The van der Waals surface area contributed by atoms with Crippen LogP contribution in [0.1, 0.15) is 35.8 Å². The number of benzene rings is 2. The molecule has 35 heavy (non-hydrogen) atoms. The van der Waals surface area contributed by atoms with E-state index in [2.05, 4.69) is 15.7 Å². The number of carbonyl (C=O) groups is 2. The van der Waals surface area contributed by atoms with Gasteiger partial charge in [0, 0.05) is 46.8 Å². The molecule has 1 aliphatic heterocycles. The second kappa shape index (κ2) is 10.9. The van der Waals surface area contributed by atoms with E-state index in [1.165, 1.54) is 0 Å². The van der Waals surface area contributed by atoms with Gasteiger partial charge in [-0.25, -0.2) is 9.48 Å². The Labute approximate surface area is 219 Å². The van der Waals surface area contributed by atoms with Crippen molar-refractivity contribution in [1.29, 1.82) is 0 Å². The molecule has 0 spiro atoms. The smallest absolute Gasteiger partial charge is 0.317 e. The Balaban J connectivity index is 1.68. The molecule has 0 bridgehead atoms. The molecular formula is C25H26Cl3N5O2. The number of piperidine rings is 1. The number of hydrogen-bond acceptors (Lipinski definition) is 3. The zero-order valence-electron chi connectivity index (χ0n) is 19.4. The Kier molecular flexibility index (Phi) is 7.89. The first kappa shape index (κ1) is 25.4.